The molecule has 0 unspecified atom stereocenters. The molecular weight excluding hydrogens is 459 g/mol. The number of rotatable bonds is 4. The number of aromatic amines is 1. The zero-order valence-electron chi connectivity index (χ0n) is 18.6. The molecule has 0 amide bonds. The summed E-state index contributed by atoms with van der Waals surface area (Å²) in [6, 6.07) is 2.40. The van der Waals surface area contributed by atoms with E-state index in [2.05, 4.69) is 35.3 Å². The summed E-state index contributed by atoms with van der Waals surface area (Å²) in [5.74, 6) is -0.143. The Morgan fingerprint density at radius 2 is 1.60 bits per heavy atom. The van der Waals surface area contributed by atoms with E-state index in [1.807, 2.05) is 4.57 Å². The molecule has 0 saturated carbocycles. The zero-order valence-corrected chi connectivity index (χ0v) is 18.6. The standard InChI is InChI=1S/C23H22F3N9/c24-17-7-13-5-16(6-14(13)8-18(17)25)35-20(12-28-21(35)15-9-29-22(27)30-10-15)34-3-1-23(26,2-4-34)19-11-31-33-32-19/h7-12,16H,1-6H2,(H2,27,29,30)(H,31,32,33). The molecule has 35 heavy (non-hydrogen) atoms. The number of H-pyrrole nitrogens is 1. The Hall–Kier alpha value is -3.96. The maximum Gasteiger partial charge on any atom is 0.219 e. The van der Waals surface area contributed by atoms with Gasteiger partial charge in [0.05, 0.1) is 18.0 Å². The Morgan fingerprint density at radius 3 is 2.20 bits per heavy atom. The number of hydrogen-bond acceptors (Lipinski definition) is 7. The number of imidazole rings is 1. The Bertz CT molecular complexity index is 1330. The van der Waals surface area contributed by atoms with E-state index in [0.29, 0.717) is 43.0 Å². The van der Waals surface area contributed by atoms with Gasteiger partial charge in [0, 0.05) is 44.4 Å². The van der Waals surface area contributed by atoms with Gasteiger partial charge in [-0.3, -0.25) is 0 Å². The number of nitrogens with zero attached hydrogens (tertiary/aromatic N) is 7. The summed E-state index contributed by atoms with van der Waals surface area (Å²) < 4.78 is 45.4. The first-order valence-corrected chi connectivity index (χ1v) is 11.3. The minimum Gasteiger partial charge on any atom is -0.368 e. The molecule has 1 aliphatic carbocycles. The van der Waals surface area contributed by atoms with Crippen LogP contribution < -0.4 is 10.6 Å². The first-order chi connectivity index (χ1) is 16.9. The molecule has 0 radical (unpaired) electrons. The van der Waals surface area contributed by atoms with Gasteiger partial charge in [0.2, 0.25) is 5.95 Å². The minimum absolute atomic E-state index is 0.135. The Morgan fingerprint density at radius 1 is 0.943 bits per heavy atom. The highest BCUT2D eigenvalue weighted by Gasteiger charge is 2.40. The average molecular weight is 481 g/mol. The molecule has 0 spiro atoms. The molecule has 1 fully saturated rings. The highest BCUT2D eigenvalue weighted by Crippen LogP contribution is 2.41. The first kappa shape index (κ1) is 21.6. The van der Waals surface area contributed by atoms with Crippen molar-refractivity contribution in [1.82, 2.24) is 34.9 Å². The van der Waals surface area contributed by atoms with Crippen molar-refractivity contribution in [2.75, 3.05) is 23.7 Å². The molecule has 1 saturated heterocycles. The van der Waals surface area contributed by atoms with Gasteiger partial charge in [-0.2, -0.15) is 15.4 Å². The van der Waals surface area contributed by atoms with Crippen molar-refractivity contribution in [2.45, 2.75) is 37.4 Å². The van der Waals surface area contributed by atoms with Crippen molar-refractivity contribution >= 4 is 11.8 Å². The zero-order chi connectivity index (χ0) is 24.2. The fraction of sp³-hybridized carbons (Fsp3) is 0.348. The van der Waals surface area contributed by atoms with Crippen LogP contribution in [0.4, 0.5) is 24.9 Å². The van der Waals surface area contributed by atoms with Crippen LogP contribution in [-0.2, 0) is 18.5 Å². The number of nitrogens with two attached hydrogens (primary N) is 1. The van der Waals surface area contributed by atoms with Crippen LogP contribution in [0.1, 0.15) is 35.7 Å². The lowest BCUT2D eigenvalue weighted by atomic mass is 9.90. The summed E-state index contributed by atoms with van der Waals surface area (Å²) in [5, 5.41) is 10.2. The van der Waals surface area contributed by atoms with Crippen molar-refractivity contribution in [3.05, 3.63) is 65.4 Å². The van der Waals surface area contributed by atoms with Gasteiger partial charge in [-0.15, -0.1) is 0 Å². The fourth-order valence-corrected chi connectivity index (χ4v) is 5.15. The minimum atomic E-state index is -1.55. The normalized spacial score (nSPS) is 17.6. The van der Waals surface area contributed by atoms with Gasteiger partial charge in [-0.05, 0) is 36.1 Å². The van der Waals surface area contributed by atoms with E-state index in [0.717, 1.165) is 16.9 Å². The average Bonchev–Trinajstić information content (AvgIpc) is 3.60. The lowest BCUT2D eigenvalue weighted by Crippen LogP contribution is -2.41. The third-order valence-corrected chi connectivity index (χ3v) is 6.98. The van der Waals surface area contributed by atoms with E-state index < -0.39 is 17.3 Å². The van der Waals surface area contributed by atoms with Gasteiger partial charge < -0.3 is 15.2 Å². The third kappa shape index (κ3) is 3.69. The van der Waals surface area contributed by atoms with Crippen LogP contribution in [0.25, 0.3) is 11.4 Å². The number of piperidine rings is 1. The summed E-state index contributed by atoms with van der Waals surface area (Å²) in [6.45, 7) is 0.880. The molecule has 2 aliphatic rings. The van der Waals surface area contributed by atoms with Crippen LogP contribution in [0.5, 0.6) is 0 Å². The van der Waals surface area contributed by atoms with Crippen LogP contribution in [-0.4, -0.2) is 48.0 Å². The van der Waals surface area contributed by atoms with E-state index in [4.69, 9.17) is 5.73 Å². The van der Waals surface area contributed by atoms with Gasteiger partial charge in [0.25, 0.3) is 0 Å². The predicted molar refractivity (Wildman–Crippen MR) is 121 cm³/mol. The number of halogens is 3. The molecule has 180 valence electrons. The summed E-state index contributed by atoms with van der Waals surface area (Å²) in [5.41, 5.74) is 6.61. The number of fused-ring (bicyclic) bond motifs is 1. The quantitative estimate of drug-likeness (QED) is 0.460. The molecular formula is C23H22F3N9. The Balaban J connectivity index is 1.36. The van der Waals surface area contributed by atoms with E-state index in [-0.39, 0.29) is 24.8 Å². The van der Waals surface area contributed by atoms with Crippen LogP contribution >= 0.6 is 0 Å². The van der Waals surface area contributed by atoms with Gasteiger partial charge in [-0.1, -0.05) is 0 Å². The Kier molecular flexibility index (Phi) is 4.97. The number of nitrogens with one attached hydrogen (secondary N) is 1. The lowest BCUT2D eigenvalue weighted by Gasteiger charge is -2.37. The maximum atomic E-state index is 15.5. The second kappa shape index (κ2) is 8.07. The number of nitrogen functional groups attached to an aromatic ring is 1. The second-order valence-corrected chi connectivity index (χ2v) is 9.04. The molecule has 0 atom stereocenters. The molecule has 1 aromatic carbocycles. The highest BCUT2D eigenvalue weighted by molar-refractivity contribution is 5.60. The van der Waals surface area contributed by atoms with E-state index in [9.17, 15) is 8.78 Å². The van der Waals surface area contributed by atoms with Gasteiger partial charge in [0.15, 0.2) is 17.3 Å². The molecule has 3 aromatic heterocycles. The Labute approximate surface area is 198 Å². The van der Waals surface area contributed by atoms with Crippen molar-refractivity contribution in [1.29, 1.82) is 0 Å². The SMILES string of the molecule is Nc1ncc(-c2ncc(N3CCC(F)(c4cn[nH]n4)CC3)n2C2Cc3cc(F)c(F)cc3C2)cn1. The molecule has 4 aromatic rings. The van der Waals surface area contributed by atoms with E-state index >= 15 is 4.39 Å². The van der Waals surface area contributed by atoms with Crippen LogP contribution in [0.3, 0.4) is 0 Å². The molecule has 1 aliphatic heterocycles. The van der Waals surface area contributed by atoms with E-state index in [1.54, 1.807) is 18.6 Å². The summed E-state index contributed by atoms with van der Waals surface area (Å²) in [6.07, 6.45) is 7.87. The van der Waals surface area contributed by atoms with Crippen LogP contribution in [0, 0.1) is 11.6 Å². The van der Waals surface area contributed by atoms with Gasteiger partial charge in [0.1, 0.15) is 17.3 Å². The number of aromatic nitrogens is 7. The fourth-order valence-electron chi connectivity index (χ4n) is 5.15. The largest absolute Gasteiger partial charge is 0.368 e. The topological polar surface area (TPSA) is 114 Å². The third-order valence-electron chi connectivity index (χ3n) is 6.98. The highest BCUT2D eigenvalue weighted by atomic mass is 19.2. The maximum absolute atomic E-state index is 15.5. The van der Waals surface area contributed by atoms with Crippen molar-refractivity contribution in [3.8, 4) is 11.4 Å². The number of benzene rings is 1. The van der Waals surface area contributed by atoms with Gasteiger partial charge in [-0.25, -0.2) is 28.1 Å². The van der Waals surface area contributed by atoms with E-state index in [1.165, 1.54) is 18.3 Å². The van der Waals surface area contributed by atoms with Crippen molar-refractivity contribution in [3.63, 3.8) is 0 Å². The predicted octanol–water partition coefficient (Wildman–Crippen LogP) is 3.12. The van der Waals surface area contributed by atoms with Gasteiger partial charge >= 0.3 is 0 Å². The van der Waals surface area contributed by atoms with Crippen molar-refractivity contribution in [2.24, 2.45) is 0 Å². The molecule has 9 nitrogen and oxygen atoms in total. The number of alkyl halides is 1. The van der Waals surface area contributed by atoms with Crippen molar-refractivity contribution < 1.29 is 13.2 Å². The lowest BCUT2D eigenvalue weighted by molar-refractivity contribution is 0.119. The number of hydrogen-bond donors (Lipinski definition) is 2. The molecule has 3 N–H and O–H groups in total. The number of anilines is 2. The summed E-state index contributed by atoms with van der Waals surface area (Å²) >= 11 is 0. The smallest absolute Gasteiger partial charge is 0.219 e. The van der Waals surface area contributed by atoms with Crippen LogP contribution in [0.2, 0.25) is 0 Å². The monoisotopic (exact) mass is 481 g/mol. The summed E-state index contributed by atoms with van der Waals surface area (Å²) in [7, 11) is 0. The first-order valence-electron chi connectivity index (χ1n) is 11.3. The second-order valence-electron chi connectivity index (χ2n) is 9.04. The molecule has 4 heterocycles. The summed E-state index contributed by atoms with van der Waals surface area (Å²) in [4.78, 5) is 14.9. The molecule has 0 bridgehead atoms. The molecule has 6 rings (SSSR count). The van der Waals surface area contributed by atoms with Crippen LogP contribution in [0.15, 0.2) is 36.9 Å². The molecule has 12 heteroatoms.